The van der Waals surface area contributed by atoms with Gasteiger partial charge in [0, 0.05) is 34.7 Å². The second-order valence-electron chi connectivity index (χ2n) is 9.17. The summed E-state index contributed by atoms with van der Waals surface area (Å²) >= 11 is 1.52. The molecular weight excluding hydrogens is 423 g/mol. The van der Waals surface area contributed by atoms with Crippen LogP contribution in [-0.2, 0) is 12.0 Å². The van der Waals surface area contributed by atoms with Gasteiger partial charge in [0.2, 0.25) is 0 Å². The SMILES string of the molecule is CCn1nc2c(c1Nc1nc(-c3ccc(-n4cnc(C)c4)c(F)c3)cs1)C(C)CC2(C)C. The predicted molar refractivity (Wildman–Crippen MR) is 127 cm³/mol. The second-order valence-corrected chi connectivity index (χ2v) is 10.0. The molecule has 6 nitrogen and oxygen atoms in total. The van der Waals surface area contributed by atoms with Gasteiger partial charge in [-0.15, -0.1) is 11.3 Å². The van der Waals surface area contributed by atoms with Crippen LogP contribution < -0.4 is 5.32 Å². The molecule has 0 amide bonds. The molecule has 1 aliphatic rings. The number of aryl methyl sites for hydroxylation is 2. The number of rotatable bonds is 5. The number of nitrogens with zero attached hydrogens (tertiary/aromatic N) is 5. The number of halogens is 1. The van der Waals surface area contributed by atoms with Crippen molar-refractivity contribution in [2.75, 3.05) is 5.32 Å². The van der Waals surface area contributed by atoms with Gasteiger partial charge in [0.1, 0.15) is 11.6 Å². The van der Waals surface area contributed by atoms with Crippen molar-refractivity contribution in [1.29, 1.82) is 0 Å². The minimum absolute atomic E-state index is 0.0761. The molecule has 3 aromatic heterocycles. The monoisotopic (exact) mass is 450 g/mol. The Balaban J connectivity index is 1.44. The summed E-state index contributed by atoms with van der Waals surface area (Å²) in [6, 6.07) is 5.19. The molecule has 5 rings (SSSR count). The molecule has 32 heavy (non-hydrogen) atoms. The van der Waals surface area contributed by atoms with Gasteiger partial charge >= 0.3 is 0 Å². The molecule has 0 saturated heterocycles. The van der Waals surface area contributed by atoms with Crippen molar-refractivity contribution in [3.8, 4) is 16.9 Å². The van der Waals surface area contributed by atoms with E-state index in [1.54, 1.807) is 23.2 Å². The molecule has 0 bridgehead atoms. The van der Waals surface area contributed by atoms with Crippen LogP contribution in [0.15, 0.2) is 36.1 Å². The molecule has 1 unspecified atom stereocenters. The number of nitrogens with one attached hydrogen (secondary N) is 1. The largest absolute Gasteiger partial charge is 0.316 e. The summed E-state index contributed by atoms with van der Waals surface area (Å²) in [5.41, 5.74) is 5.36. The molecule has 4 aromatic rings. The Morgan fingerprint density at radius 1 is 1.31 bits per heavy atom. The molecule has 0 saturated carbocycles. The van der Waals surface area contributed by atoms with Crippen LogP contribution >= 0.6 is 11.3 Å². The van der Waals surface area contributed by atoms with Gasteiger partial charge in [0.05, 0.1) is 29.1 Å². The van der Waals surface area contributed by atoms with E-state index in [4.69, 9.17) is 10.1 Å². The van der Waals surface area contributed by atoms with Gasteiger partial charge in [-0.25, -0.2) is 19.0 Å². The maximum Gasteiger partial charge on any atom is 0.188 e. The second kappa shape index (κ2) is 7.55. The van der Waals surface area contributed by atoms with Crippen LogP contribution in [0.5, 0.6) is 0 Å². The summed E-state index contributed by atoms with van der Waals surface area (Å²) in [6.07, 6.45) is 4.52. The zero-order chi connectivity index (χ0) is 22.6. The topological polar surface area (TPSA) is 60.6 Å². The van der Waals surface area contributed by atoms with Crippen molar-refractivity contribution < 1.29 is 4.39 Å². The van der Waals surface area contributed by atoms with Crippen molar-refractivity contribution in [3.05, 3.63) is 58.9 Å². The zero-order valence-electron chi connectivity index (χ0n) is 19.0. The smallest absolute Gasteiger partial charge is 0.188 e. The van der Waals surface area contributed by atoms with Crippen LogP contribution in [0.4, 0.5) is 15.3 Å². The average molecular weight is 451 g/mol. The van der Waals surface area contributed by atoms with Crippen LogP contribution in [0.2, 0.25) is 0 Å². The Kier molecular flexibility index (Phi) is 4.93. The third-order valence-corrected chi connectivity index (χ3v) is 6.96. The number of fused-ring (bicyclic) bond motifs is 1. The summed E-state index contributed by atoms with van der Waals surface area (Å²) in [5, 5.41) is 11.2. The lowest BCUT2D eigenvalue weighted by molar-refractivity contribution is 0.462. The molecule has 166 valence electrons. The number of anilines is 2. The van der Waals surface area contributed by atoms with Gasteiger partial charge < -0.3 is 9.88 Å². The van der Waals surface area contributed by atoms with Crippen molar-refractivity contribution in [2.24, 2.45) is 0 Å². The standard InChI is InChI=1S/C24H27FN6S/c1-6-31-22(20-14(2)10-24(4,5)21(20)29-31)28-23-27-18(12-32-23)16-7-8-19(17(25)9-16)30-11-15(3)26-13-30/h7-9,11-14H,6,10H2,1-5H3,(H,27,28). The van der Waals surface area contributed by atoms with Gasteiger partial charge in [-0.2, -0.15) is 5.10 Å². The van der Waals surface area contributed by atoms with E-state index in [0.29, 0.717) is 11.6 Å². The Morgan fingerprint density at radius 2 is 2.12 bits per heavy atom. The molecule has 0 radical (unpaired) electrons. The normalized spacial score (nSPS) is 17.0. The van der Waals surface area contributed by atoms with Crippen molar-refractivity contribution >= 4 is 22.3 Å². The quantitative estimate of drug-likeness (QED) is 0.394. The van der Waals surface area contributed by atoms with Gasteiger partial charge in [0.25, 0.3) is 0 Å². The molecular formula is C24H27FN6S. The minimum atomic E-state index is -0.305. The lowest BCUT2D eigenvalue weighted by atomic mass is 9.89. The van der Waals surface area contributed by atoms with E-state index in [1.807, 2.05) is 23.1 Å². The highest BCUT2D eigenvalue weighted by molar-refractivity contribution is 7.14. The number of benzene rings is 1. The molecule has 1 aliphatic carbocycles. The first-order valence-electron chi connectivity index (χ1n) is 10.9. The first kappa shape index (κ1) is 20.9. The zero-order valence-corrected chi connectivity index (χ0v) is 19.8. The summed E-state index contributed by atoms with van der Waals surface area (Å²) in [6.45, 7) is 11.6. The number of hydrogen-bond donors (Lipinski definition) is 1. The fourth-order valence-corrected chi connectivity index (χ4v) is 5.48. The van der Waals surface area contributed by atoms with E-state index in [9.17, 15) is 4.39 Å². The first-order valence-corrected chi connectivity index (χ1v) is 11.8. The fraction of sp³-hybridized carbons (Fsp3) is 0.375. The summed E-state index contributed by atoms with van der Waals surface area (Å²) in [5.74, 6) is 1.16. The van der Waals surface area contributed by atoms with E-state index in [1.165, 1.54) is 28.7 Å². The van der Waals surface area contributed by atoms with Crippen LogP contribution in [0, 0.1) is 12.7 Å². The first-order chi connectivity index (χ1) is 15.3. The Morgan fingerprint density at radius 3 is 2.81 bits per heavy atom. The Labute approximate surface area is 191 Å². The summed E-state index contributed by atoms with van der Waals surface area (Å²) < 4.78 is 18.5. The number of imidazole rings is 1. The Bertz CT molecular complexity index is 1300. The molecule has 0 fully saturated rings. The molecule has 3 heterocycles. The van der Waals surface area contributed by atoms with Crippen LogP contribution in [-0.4, -0.2) is 24.3 Å². The molecule has 1 N–H and O–H groups in total. The maximum absolute atomic E-state index is 14.8. The predicted octanol–water partition coefficient (Wildman–Crippen LogP) is 6.19. The highest BCUT2D eigenvalue weighted by Crippen LogP contribution is 2.48. The van der Waals surface area contributed by atoms with E-state index in [-0.39, 0.29) is 11.2 Å². The molecule has 1 atom stereocenters. The van der Waals surface area contributed by atoms with Crippen LogP contribution in [0.3, 0.4) is 0 Å². The number of aromatic nitrogens is 5. The minimum Gasteiger partial charge on any atom is -0.316 e. The van der Waals surface area contributed by atoms with Crippen molar-refractivity contribution in [1.82, 2.24) is 24.3 Å². The number of thiazole rings is 1. The van der Waals surface area contributed by atoms with Crippen molar-refractivity contribution in [2.45, 2.75) is 58.9 Å². The van der Waals surface area contributed by atoms with Gasteiger partial charge in [-0.05, 0) is 38.3 Å². The van der Waals surface area contributed by atoms with Crippen molar-refractivity contribution in [3.63, 3.8) is 0 Å². The Hall–Kier alpha value is -3.00. The van der Waals surface area contributed by atoms with Crippen LogP contribution in [0.25, 0.3) is 16.9 Å². The maximum atomic E-state index is 14.8. The van der Waals surface area contributed by atoms with Gasteiger partial charge in [-0.1, -0.05) is 26.8 Å². The number of hydrogen-bond acceptors (Lipinski definition) is 5. The third-order valence-electron chi connectivity index (χ3n) is 6.20. The highest BCUT2D eigenvalue weighted by atomic mass is 32.1. The molecule has 8 heteroatoms. The van der Waals surface area contributed by atoms with Gasteiger partial charge in [-0.3, -0.25) is 0 Å². The van der Waals surface area contributed by atoms with E-state index < -0.39 is 0 Å². The molecule has 0 aliphatic heterocycles. The lowest BCUT2D eigenvalue weighted by Gasteiger charge is -2.17. The summed E-state index contributed by atoms with van der Waals surface area (Å²) in [7, 11) is 0. The van der Waals surface area contributed by atoms with E-state index >= 15 is 0 Å². The molecule has 0 spiro atoms. The summed E-state index contributed by atoms with van der Waals surface area (Å²) in [4.78, 5) is 8.92. The van der Waals surface area contributed by atoms with Gasteiger partial charge in [0.15, 0.2) is 5.13 Å². The lowest BCUT2D eigenvalue weighted by Crippen LogP contribution is -2.15. The molecule has 1 aromatic carbocycles. The average Bonchev–Trinajstić information content (AvgIpc) is 3.49. The van der Waals surface area contributed by atoms with Crippen LogP contribution in [0.1, 0.15) is 57.0 Å². The third kappa shape index (κ3) is 3.43. The van der Waals surface area contributed by atoms with E-state index in [2.05, 4.69) is 38.0 Å². The fourth-order valence-electron chi connectivity index (χ4n) is 4.76. The van der Waals surface area contributed by atoms with E-state index in [0.717, 1.165) is 40.9 Å². The highest BCUT2D eigenvalue weighted by Gasteiger charge is 2.40.